The molecule has 21 heavy (non-hydrogen) atoms. The normalized spacial score (nSPS) is 11.1. The minimum atomic E-state index is 0.548. The SMILES string of the molecule is COc1cccc(/C=N/c2nnc(Cn3cncn3)s2)c1. The minimum Gasteiger partial charge on any atom is -0.497 e. The van der Waals surface area contributed by atoms with Gasteiger partial charge in [0.05, 0.1) is 13.7 Å². The average molecular weight is 300 g/mol. The molecule has 0 aliphatic rings. The van der Waals surface area contributed by atoms with Crippen LogP contribution in [0.15, 0.2) is 41.9 Å². The summed E-state index contributed by atoms with van der Waals surface area (Å²) in [4.78, 5) is 8.21. The third-order valence-electron chi connectivity index (χ3n) is 2.64. The van der Waals surface area contributed by atoms with E-state index >= 15 is 0 Å². The predicted octanol–water partition coefficient (Wildman–Crippen LogP) is 1.94. The summed E-state index contributed by atoms with van der Waals surface area (Å²) in [5.74, 6) is 0.795. The molecule has 0 radical (unpaired) electrons. The Kier molecular flexibility index (Phi) is 3.97. The maximum Gasteiger partial charge on any atom is 0.231 e. The van der Waals surface area contributed by atoms with Crippen LogP contribution in [0.25, 0.3) is 0 Å². The molecule has 0 amide bonds. The van der Waals surface area contributed by atoms with Gasteiger partial charge in [0.1, 0.15) is 23.4 Å². The van der Waals surface area contributed by atoms with Crippen molar-refractivity contribution in [2.75, 3.05) is 7.11 Å². The fourth-order valence-corrected chi connectivity index (χ4v) is 2.34. The molecule has 2 aromatic heterocycles. The Morgan fingerprint density at radius 1 is 1.38 bits per heavy atom. The summed E-state index contributed by atoms with van der Waals surface area (Å²) >= 11 is 1.42. The first-order valence-electron chi connectivity index (χ1n) is 6.16. The molecule has 0 N–H and O–H groups in total. The molecule has 8 heteroatoms. The number of aliphatic imine (C=N–C) groups is 1. The molecular formula is C13H12N6OS. The fourth-order valence-electron chi connectivity index (χ4n) is 1.67. The van der Waals surface area contributed by atoms with Crippen LogP contribution in [0.1, 0.15) is 10.6 Å². The summed E-state index contributed by atoms with van der Waals surface area (Å²) in [6.45, 7) is 0.548. The third kappa shape index (κ3) is 3.48. The van der Waals surface area contributed by atoms with Gasteiger partial charge in [0.15, 0.2) is 0 Å². The average Bonchev–Trinajstić information content (AvgIpc) is 3.18. The number of hydrogen-bond acceptors (Lipinski definition) is 7. The summed E-state index contributed by atoms with van der Waals surface area (Å²) < 4.78 is 6.86. The van der Waals surface area contributed by atoms with Crippen molar-refractivity contribution in [1.29, 1.82) is 0 Å². The first-order chi connectivity index (χ1) is 10.3. The molecule has 0 saturated heterocycles. The summed E-state index contributed by atoms with van der Waals surface area (Å²) in [6.07, 6.45) is 4.87. The van der Waals surface area contributed by atoms with Gasteiger partial charge in [0.2, 0.25) is 5.13 Å². The number of methoxy groups -OCH3 is 1. The highest BCUT2D eigenvalue weighted by Crippen LogP contribution is 2.19. The topological polar surface area (TPSA) is 78.1 Å². The van der Waals surface area contributed by atoms with Crippen molar-refractivity contribution in [3.8, 4) is 5.75 Å². The lowest BCUT2D eigenvalue weighted by atomic mass is 10.2. The molecule has 0 aliphatic heterocycles. The second-order valence-corrected chi connectivity index (χ2v) is 5.15. The van der Waals surface area contributed by atoms with Gasteiger partial charge in [-0.15, -0.1) is 10.2 Å². The Bertz CT molecular complexity index is 737. The third-order valence-corrected chi connectivity index (χ3v) is 3.45. The summed E-state index contributed by atoms with van der Waals surface area (Å²) in [6, 6.07) is 7.65. The van der Waals surface area contributed by atoms with Crippen LogP contribution < -0.4 is 4.74 Å². The van der Waals surface area contributed by atoms with Crippen LogP contribution in [0.5, 0.6) is 5.75 Å². The molecule has 7 nitrogen and oxygen atoms in total. The molecule has 0 fully saturated rings. The first-order valence-corrected chi connectivity index (χ1v) is 6.98. The largest absolute Gasteiger partial charge is 0.497 e. The van der Waals surface area contributed by atoms with E-state index in [1.165, 1.54) is 17.7 Å². The van der Waals surface area contributed by atoms with Gasteiger partial charge in [-0.2, -0.15) is 5.10 Å². The van der Waals surface area contributed by atoms with E-state index in [0.717, 1.165) is 16.3 Å². The van der Waals surface area contributed by atoms with E-state index in [-0.39, 0.29) is 0 Å². The van der Waals surface area contributed by atoms with E-state index in [1.54, 1.807) is 24.3 Å². The number of aromatic nitrogens is 5. The number of nitrogens with zero attached hydrogens (tertiary/aromatic N) is 6. The Labute approximate surface area is 125 Å². The van der Waals surface area contributed by atoms with Crippen LogP contribution >= 0.6 is 11.3 Å². The molecule has 0 aliphatic carbocycles. The highest BCUT2D eigenvalue weighted by Gasteiger charge is 2.04. The number of ether oxygens (including phenoxy) is 1. The maximum absolute atomic E-state index is 5.17. The predicted molar refractivity (Wildman–Crippen MR) is 79.3 cm³/mol. The van der Waals surface area contributed by atoms with Gasteiger partial charge >= 0.3 is 0 Å². The molecule has 0 atom stereocenters. The molecule has 2 heterocycles. The smallest absolute Gasteiger partial charge is 0.231 e. The zero-order valence-corrected chi connectivity index (χ0v) is 12.1. The molecule has 0 spiro atoms. The van der Waals surface area contributed by atoms with Crippen LogP contribution in [-0.2, 0) is 6.54 Å². The van der Waals surface area contributed by atoms with Gasteiger partial charge in [0, 0.05) is 6.21 Å². The van der Waals surface area contributed by atoms with Crippen LogP contribution in [0.4, 0.5) is 5.13 Å². The van der Waals surface area contributed by atoms with Crippen LogP contribution in [0.2, 0.25) is 0 Å². The standard InChI is InChI=1S/C13H12N6OS/c1-20-11-4-2-3-10(5-11)6-15-13-18-17-12(21-13)7-19-9-14-8-16-19/h2-6,8-9H,7H2,1H3/b15-6+. The van der Waals surface area contributed by atoms with Gasteiger partial charge in [-0.05, 0) is 17.7 Å². The van der Waals surface area contributed by atoms with Crippen LogP contribution in [0, 0.1) is 0 Å². The molecule has 1 aromatic carbocycles. The van der Waals surface area contributed by atoms with E-state index in [1.807, 2.05) is 24.3 Å². The van der Waals surface area contributed by atoms with Crippen molar-refractivity contribution >= 4 is 22.7 Å². The van der Waals surface area contributed by atoms with E-state index in [0.29, 0.717) is 11.7 Å². The zero-order valence-electron chi connectivity index (χ0n) is 11.2. The van der Waals surface area contributed by atoms with Crippen molar-refractivity contribution in [2.24, 2.45) is 4.99 Å². The number of benzene rings is 1. The molecule has 106 valence electrons. The molecule has 3 rings (SSSR count). The van der Waals surface area contributed by atoms with Gasteiger partial charge in [-0.25, -0.2) is 14.7 Å². The van der Waals surface area contributed by atoms with Crippen LogP contribution in [-0.4, -0.2) is 38.3 Å². The van der Waals surface area contributed by atoms with Crippen molar-refractivity contribution in [1.82, 2.24) is 25.0 Å². The molecule has 3 aromatic rings. The fraction of sp³-hybridized carbons (Fsp3) is 0.154. The van der Waals surface area contributed by atoms with E-state index in [2.05, 4.69) is 25.3 Å². The monoisotopic (exact) mass is 300 g/mol. The van der Waals surface area contributed by atoms with E-state index in [4.69, 9.17) is 4.74 Å². The second-order valence-electron chi connectivity index (χ2n) is 4.11. The highest BCUT2D eigenvalue weighted by molar-refractivity contribution is 7.14. The highest BCUT2D eigenvalue weighted by atomic mass is 32.1. The van der Waals surface area contributed by atoms with Crippen molar-refractivity contribution in [3.63, 3.8) is 0 Å². The molecule has 0 bridgehead atoms. The lowest BCUT2D eigenvalue weighted by molar-refractivity contribution is 0.415. The zero-order chi connectivity index (χ0) is 14.5. The Hall–Kier alpha value is -2.61. The molecule has 0 unspecified atom stereocenters. The van der Waals surface area contributed by atoms with E-state index < -0.39 is 0 Å². The summed E-state index contributed by atoms with van der Waals surface area (Å²) in [7, 11) is 1.64. The maximum atomic E-state index is 5.17. The lowest BCUT2D eigenvalue weighted by Gasteiger charge is -1.98. The van der Waals surface area contributed by atoms with Gasteiger partial charge < -0.3 is 4.74 Å². The van der Waals surface area contributed by atoms with Gasteiger partial charge in [0.25, 0.3) is 0 Å². The Morgan fingerprint density at radius 3 is 3.14 bits per heavy atom. The number of hydrogen-bond donors (Lipinski definition) is 0. The quantitative estimate of drug-likeness (QED) is 0.673. The van der Waals surface area contributed by atoms with Crippen molar-refractivity contribution in [3.05, 3.63) is 47.5 Å². The molecule has 0 saturated carbocycles. The summed E-state index contributed by atoms with van der Waals surface area (Å²) in [5, 5.41) is 13.6. The second kappa shape index (κ2) is 6.23. The molecular weight excluding hydrogens is 288 g/mol. The lowest BCUT2D eigenvalue weighted by Crippen LogP contribution is -1.99. The summed E-state index contributed by atoms with van der Waals surface area (Å²) in [5.41, 5.74) is 0.947. The number of rotatable bonds is 5. The van der Waals surface area contributed by atoms with Crippen LogP contribution in [0.3, 0.4) is 0 Å². The Morgan fingerprint density at radius 2 is 2.33 bits per heavy atom. The van der Waals surface area contributed by atoms with Crippen molar-refractivity contribution in [2.45, 2.75) is 6.54 Å². The Balaban J connectivity index is 1.70. The van der Waals surface area contributed by atoms with Gasteiger partial charge in [-0.3, -0.25) is 0 Å². The van der Waals surface area contributed by atoms with Crippen molar-refractivity contribution < 1.29 is 4.74 Å². The first kappa shape index (κ1) is 13.4. The van der Waals surface area contributed by atoms with E-state index in [9.17, 15) is 0 Å². The van der Waals surface area contributed by atoms with Gasteiger partial charge in [-0.1, -0.05) is 23.5 Å². The minimum absolute atomic E-state index is 0.548.